The van der Waals surface area contributed by atoms with Gasteiger partial charge in [0.1, 0.15) is 0 Å². The van der Waals surface area contributed by atoms with Crippen molar-refractivity contribution in [1.29, 1.82) is 0 Å². The van der Waals surface area contributed by atoms with Crippen LogP contribution in [-0.4, -0.2) is 34.0 Å². The molecule has 0 aromatic rings. The molecular weight excluding hydrogens is 154 g/mol. The molecule has 0 heterocycles. The number of hydrogen-bond donors (Lipinski definition) is 3. The van der Waals surface area contributed by atoms with Crippen molar-refractivity contribution in [3.8, 4) is 0 Å². The van der Waals surface area contributed by atoms with Gasteiger partial charge in [0.25, 0.3) is 0 Å². The molecule has 0 spiro atoms. The first-order valence-electron chi connectivity index (χ1n) is 4.41. The minimum atomic E-state index is -0.432. The molecule has 0 saturated carbocycles. The van der Waals surface area contributed by atoms with Crippen LogP contribution in [0.5, 0.6) is 0 Å². The maximum absolute atomic E-state index is 9.37. The van der Waals surface area contributed by atoms with E-state index in [0.29, 0.717) is 0 Å². The Morgan fingerprint density at radius 2 is 1.50 bits per heavy atom. The molecule has 0 aromatic heterocycles. The summed E-state index contributed by atoms with van der Waals surface area (Å²) in [7, 11) is 0. The van der Waals surface area contributed by atoms with Gasteiger partial charge in [-0.25, -0.2) is 0 Å². The summed E-state index contributed by atoms with van der Waals surface area (Å²) >= 11 is 0. The summed E-state index contributed by atoms with van der Waals surface area (Å²) < 4.78 is 0. The summed E-state index contributed by atoms with van der Waals surface area (Å²) in [6.07, 6.45) is -0.832. The van der Waals surface area contributed by atoms with Gasteiger partial charge in [0.15, 0.2) is 0 Å². The molecule has 3 nitrogen and oxygen atoms in total. The highest BCUT2D eigenvalue weighted by atomic mass is 16.3. The zero-order valence-corrected chi connectivity index (χ0v) is 8.63. The van der Waals surface area contributed by atoms with E-state index in [-0.39, 0.29) is 11.6 Å². The summed E-state index contributed by atoms with van der Waals surface area (Å²) in [6, 6.07) is -0.00500. The monoisotopic (exact) mass is 175 g/mol. The Morgan fingerprint density at radius 3 is 1.75 bits per heavy atom. The number of aliphatic hydroxyl groups excluding tert-OH is 2. The van der Waals surface area contributed by atoms with Gasteiger partial charge in [0, 0.05) is 11.6 Å². The Hall–Kier alpha value is -0.120. The predicted molar refractivity (Wildman–Crippen MR) is 50.0 cm³/mol. The SMILES string of the molecule is CC(O)C(C)NC(C)(C)C(C)O. The lowest BCUT2D eigenvalue weighted by atomic mass is 9.97. The van der Waals surface area contributed by atoms with E-state index in [2.05, 4.69) is 5.32 Å². The molecule has 0 radical (unpaired) electrons. The molecule has 0 aliphatic heterocycles. The van der Waals surface area contributed by atoms with Crippen molar-refractivity contribution < 1.29 is 10.2 Å². The smallest absolute Gasteiger partial charge is 0.0688 e. The number of rotatable bonds is 4. The van der Waals surface area contributed by atoms with Crippen molar-refractivity contribution in [1.82, 2.24) is 5.32 Å². The predicted octanol–water partition coefficient (Wildman–Crippen LogP) is 0.505. The Balaban J connectivity index is 4.05. The average molecular weight is 175 g/mol. The molecule has 0 bridgehead atoms. The first-order chi connectivity index (χ1) is 5.27. The summed E-state index contributed by atoms with van der Waals surface area (Å²) in [5.41, 5.74) is -0.351. The van der Waals surface area contributed by atoms with Crippen LogP contribution in [0.1, 0.15) is 34.6 Å². The minimum absolute atomic E-state index is 0.00500. The molecule has 12 heavy (non-hydrogen) atoms. The third kappa shape index (κ3) is 3.52. The zero-order chi connectivity index (χ0) is 9.94. The lowest BCUT2D eigenvalue weighted by Crippen LogP contribution is -2.54. The van der Waals surface area contributed by atoms with Gasteiger partial charge in [-0.1, -0.05) is 0 Å². The quantitative estimate of drug-likeness (QED) is 0.583. The Morgan fingerprint density at radius 1 is 1.08 bits per heavy atom. The molecule has 0 rings (SSSR count). The van der Waals surface area contributed by atoms with Crippen LogP contribution < -0.4 is 5.32 Å². The van der Waals surface area contributed by atoms with E-state index < -0.39 is 12.2 Å². The van der Waals surface area contributed by atoms with Crippen molar-refractivity contribution in [3.05, 3.63) is 0 Å². The van der Waals surface area contributed by atoms with E-state index in [1.165, 1.54) is 0 Å². The molecule has 3 heteroatoms. The van der Waals surface area contributed by atoms with E-state index in [9.17, 15) is 10.2 Å². The van der Waals surface area contributed by atoms with Crippen LogP contribution in [0.3, 0.4) is 0 Å². The molecule has 3 atom stereocenters. The fourth-order valence-electron chi connectivity index (χ4n) is 0.828. The highest BCUT2D eigenvalue weighted by Crippen LogP contribution is 2.10. The fourth-order valence-corrected chi connectivity index (χ4v) is 0.828. The number of aliphatic hydroxyl groups is 2. The van der Waals surface area contributed by atoms with Crippen LogP contribution in [0, 0.1) is 0 Å². The Kier molecular flexibility index (Phi) is 4.17. The maximum atomic E-state index is 9.37. The highest BCUT2D eigenvalue weighted by Gasteiger charge is 2.26. The molecular formula is C9H21NO2. The van der Waals surface area contributed by atoms with E-state index in [0.717, 1.165) is 0 Å². The van der Waals surface area contributed by atoms with Gasteiger partial charge < -0.3 is 15.5 Å². The molecule has 0 aliphatic carbocycles. The van der Waals surface area contributed by atoms with Gasteiger partial charge in [0.2, 0.25) is 0 Å². The second kappa shape index (κ2) is 4.21. The lowest BCUT2D eigenvalue weighted by molar-refractivity contribution is 0.0647. The van der Waals surface area contributed by atoms with Gasteiger partial charge in [0.05, 0.1) is 12.2 Å². The summed E-state index contributed by atoms with van der Waals surface area (Å²) in [4.78, 5) is 0. The largest absolute Gasteiger partial charge is 0.392 e. The first kappa shape index (κ1) is 11.9. The van der Waals surface area contributed by atoms with Crippen LogP contribution in [0.4, 0.5) is 0 Å². The third-order valence-electron chi connectivity index (χ3n) is 2.37. The van der Waals surface area contributed by atoms with Gasteiger partial charge >= 0.3 is 0 Å². The molecule has 0 aliphatic rings. The molecule has 3 unspecified atom stereocenters. The lowest BCUT2D eigenvalue weighted by Gasteiger charge is -2.33. The van der Waals surface area contributed by atoms with E-state index >= 15 is 0 Å². The summed E-state index contributed by atoms with van der Waals surface area (Å²) in [5, 5.41) is 21.7. The molecule has 3 N–H and O–H groups in total. The number of nitrogens with one attached hydrogen (secondary N) is 1. The standard InChI is InChI=1S/C9H21NO2/c1-6(7(2)11)10-9(4,5)8(3)12/h6-8,10-12H,1-5H3. The van der Waals surface area contributed by atoms with E-state index in [1.807, 2.05) is 20.8 Å². The Bertz CT molecular complexity index is 132. The van der Waals surface area contributed by atoms with Crippen LogP contribution in [0.15, 0.2) is 0 Å². The van der Waals surface area contributed by atoms with Crippen molar-refractivity contribution in [3.63, 3.8) is 0 Å². The van der Waals surface area contributed by atoms with Crippen LogP contribution in [0.2, 0.25) is 0 Å². The van der Waals surface area contributed by atoms with Crippen molar-refractivity contribution >= 4 is 0 Å². The van der Waals surface area contributed by atoms with Crippen LogP contribution in [0.25, 0.3) is 0 Å². The maximum Gasteiger partial charge on any atom is 0.0688 e. The first-order valence-corrected chi connectivity index (χ1v) is 4.41. The fraction of sp³-hybridized carbons (Fsp3) is 1.00. The summed E-state index contributed by atoms with van der Waals surface area (Å²) in [6.45, 7) is 9.19. The molecule has 0 amide bonds. The molecule has 0 aromatic carbocycles. The van der Waals surface area contributed by atoms with Gasteiger partial charge in [-0.2, -0.15) is 0 Å². The highest BCUT2D eigenvalue weighted by molar-refractivity contribution is 4.86. The van der Waals surface area contributed by atoms with Crippen LogP contribution in [-0.2, 0) is 0 Å². The molecule has 74 valence electrons. The minimum Gasteiger partial charge on any atom is -0.392 e. The number of hydrogen-bond acceptors (Lipinski definition) is 3. The van der Waals surface area contributed by atoms with E-state index in [1.54, 1.807) is 13.8 Å². The van der Waals surface area contributed by atoms with E-state index in [4.69, 9.17) is 0 Å². The van der Waals surface area contributed by atoms with Gasteiger partial charge in [-0.3, -0.25) is 0 Å². The molecule has 0 saturated heterocycles. The zero-order valence-electron chi connectivity index (χ0n) is 8.63. The second-order valence-electron chi connectivity index (χ2n) is 4.07. The van der Waals surface area contributed by atoms with Crippen molar-refractivity contribution in [2.24, 2.45) is 0 Å². The third-order valence-corrected chi connectivity index (χ3v) is 2.37. The van der Waals surface area contributed by atoms with Gasteiger partial charge in [-0.05, 0) is 34.6 Å². The van der Waals surface area contributed by atoms with Gasteiger partial charge in [-0.15, -0.1) is 0 Å². The topological polar surface area (TPSA) is 52.5 Å². The van der Waals surface area contributed by atoms with Crippen molar-refractivity contribution in [2.45, 2.75) is 58.4 Å². The average Bonchev–Trinajstić information content (AvgIpc) is 1.85. The summed E-state index contributed by atoms with van der Waals surface area (Å²) in [5.74, 6) is 0. The van der Waals surface area contributed by atoms with Crippen LogP contribution >= 0.6 is 0 Å². The Labute approximate surface area is 74.8 Å². The normalized spacial score (nSPS) is 20.2. The van der Waals surface area contributed by atoms with Crippen molar-refractivity contribution in [2.75, 3.05) is 0 Å². The molecule has 0 fully saturated rings. The second-order valence-corrected chi connectivity index (χ2v) is 4.07.